The van der Waals surface area contributed by atoms with Gasteiger partial charge in [-0.25, -0.2) is 0 Å². The van der Waals surface area contributed by atoms with Gasteiger partial charge in [-0.2, -0.15) is 0 Å². The maximum atomic E-state index is 13.6. The molecule has 0 saturated heterocycles. The van der Waals surface area contributed by atoms with Gasteiger partial charge in [-0.1, -0.05) is 279 Å². The van der Waals surface area contributed by atoms with Gasteiger partial charge in [0.15, 0.2) is 0 Å². The molecule has 0 aliphatic rings. The van der Waals surface area contributed by atoms with Crippen LogP contribution in [0, 0.1) is 11.8 Å². The highest BCUT2D eigenvalue weighted by molar-refractivity contribution is 6.21. The fourth-order valence-electron chi connectivity index (χ4n) is 10.3. The number of unbranched alkanes of at least 4 members (excludes halogenated alkanes) is 20. The van der Waals surface area contributed by atoms with E-state index in [2.05, 4.69) is 125 Å². The Bertz CT molecular complexity index is 1940. The molecule has 0 bridgehead atoms. The molecule has 2 atom stereocenters. The van der Waals surface area contributed by atoms with Gasteiger partial charge < -0.3 is 9.47 Å². The maximum Gasteiger partial charge on any atom is 0.309 e. The van der Waals surface area contributed by atoms with E-state index in [1.807, 2.05) is 0 Å². The standard InChI is InChI=1S/C64H90O4/c1-5-9-13-17-19-23-27-35-55(33-25-21-15-11-7-3)63(65)67-49-51-41-45-53(46-42-51)61-57-37-29-31-39-59(57)62(60-40-32-30-38-58(60)61)54-47-43-52(44-48-54)50-68-64(66)56(34-26-22-16-12-8-4)36-28-24-20-18-14-10-6-2/h29-32,37-48,55-56H,5-28,33-36,49-50H2,1-4H3. The summed E-state index contributed by atoms with van der Waals surface area (Å²) in [4.78, 5) is 27.1. The van der Waals surface area contributed by atoms with Gasteiger partial charge in [0.25, 0.3) is 0 Å². The van der Waals surface area contributed by atoms with E-state index in [9.17, 15) is 9.59 Å². The average Bonchev–Trinajstić information content (AvgIpc) is 3.37. The zero-order chi connectivity index (χ0) is 48.0. The molecule has 0 N–H and O–H groups in total. The fourth-order valence-corrected chi connectivity index (χ4v) is 10.3. The Morgan fingerprint density at radius 3 is 0.853 bits per heavy atom. The molecule has 0 aliphatic carbocycles. The molecule has 0 aliphatic heterocycles. The number of carbonyl (C=O) groups excluding carboxylic acids is 2. The summed E-state index contributed by atoms with van der Waals surface area (Å²) in [5.41, 5.74) is 6.74. The molecule has 2 unspecified atom stereocenters. The number of rotatable bonds is 36. The zero-order valence-corrected chi connectivity index (χ0v) is 43.2. The predicted octanol–water partition coefficient (Wildman–Crippen LogP) is 19.6. The molecule has 4 heteroatoms. The number of fused-ring (bicyclic) bond motifs is 2. The van der Waals surface area contributed by atoms with Crippen molar-refractivity contribution in [3.05, 3.63) is 108 Å². The van der Waals surface area contributed by atoms with Crippen molar-refractivity contribution in [1.29, 1.82) is 0 Å². The van der Waals surface area contributed by atoms with Crippen LogP contribution < -0.4 is 0 Å². The second-order valence-corrected chi connectivity index (χ2v) is 20.1. The van der Waals surface area contributed by atoms with Crippen LogP contribution in [0.5, 0.6) is 0 Å². The van der Waals surface area contributed by atoms with Crippen molar-refractivity contribution in [3.8, 4) is 22.3 Å². The first-order valence-corrected chi connectivity index (χ1v) is 27.9. The molecule has 0 heterocycles. The van der Waals surface area contributed by atoms with Gasteiger partial charge in [0.1, 0.15) is 13.2 Å². The third-order valence-electron chi connectivity index (χ3n) is 14.5. The summed E-state index contributed by atoms with van der Waals surface area (Å²) in [5, 5.41) is 4.80. The molecule has 4 nitrogen and oxygen atoms in total. The first kappa shape index (κ1) is 54.5. The Morgan fingerprint density at radius 1 is 0.338 bits per heavy atom. The van der Waals surface area contributed by atoms with Crippen LogP contribution in [0.15, 0.2) is 97.1 Å². The Labute approximate surface area is 413 Å². The Morgan fingerprint density at radius 2 is 0.588 bits per heavy atom. The van der Waals surface area contributed by atoms with E-state index in [0.29, 0.717) is 13.2 Å². The summed E-state index contributed by atoms with van der Waals surface area (Å²) in [6.07, 6.45) is 33.5. The van der Waals surface area contributed by atoms with Crippen molar-refractivity contribution in [2.24, 2.45) is 11.8 Å². The minimum atomic E-state index is -0.0246. The summed E-state index contributed by atoms with van der Waals surface area (Å²) in [6.45, 7) is 9.63. The van der Waals surface area contributed by atoms with E-state index >= 15 is 0 Å². The van der Waals surface area contributed by atoms with E-state index in [1.165, 1.54) is 161 Å². The number of ether oxygens (including phenoxy) is 2. The van der Waals surface area contributed by atoms with Crippen LogP contribution in [0.1, 0.15) is 219 Å². The zero-order valence-electron chi connectivity index (χ0n) is 43.2. The normalized spacial score (nSPS) is 12.4. The Kier molecular flexibility index (Phi) is 26.0. The van der Waals surface area contributed by atoms with Crippen molar-refractivity contribution in [3.63, 3.8) is 0 Å². The topological polar surface area (TPSA) is 52.6 Å². The summed E-state index contributed by atoms with van der Waals surface area (Å²) in [6, 6.07) is 34.8. The first-order valence-electron chi connectivity index (χ1n) is 27.9. The molecule has 5 rings (SSSR count). The lowest BCUT2D eigenvalue weighted by molar-refractivity contribution is -0.151. The fraction of sp³-hybridized carbons (Fsp3) is 0.562. The van der Waals surface area contributed by atoms with E-state index < -0.39 is 0 Å². The van der Waals surface area contributed by atoms with Gasteiger partial charge in [-0.3, -0.25) is 9.59 Å². The first-order chi connectivity index (χ1) is 33.5. The van der Waals surface area contributed by atoms with Gasteiger partial charge >= 0.3 is 11.9 Å². The van der Waals surface area contributed by atoms with Crippen molar-refractivity contribution < 1.29 is 19.1 Å². The van der Waals surface area contributed by atoms with Crippen molar-refractivity contribution in [2.45, 2.75) is 221 Å². The highest BCUT2D eigenvalue weighted by Gasteiger charge is 2.22. The van der Waals surface area contributed by atoms with E-state index in [0.717, 1.165) is 73.6 Å². The quantitative estimate of drug-likeness (QED) is 0.0228. The number of hydrogen-bond acceptors (Lipinski definition) is 4. The molecule has 0 amide bonds. The van der Waals surface area contributed by atoms with E-state index in [1.54, 1.807) is 0 Å². The molecular formula is C64H90O4. The minimum Gasteiger partial charge on any atom is -0.461 e. The van der Waals surface area contributed by atoms with Crippen molar-refractivity contribution >= 4 is 33.5 Å². The third kappa shape index (κ3) is 18.1. The Hall–Kier alpha value is -4.44. The van der Waals surface area contributed by atoms with Gasteiger partial charge in [0.05, 0.1) is 11.8 Å². The molecule has 0 saturated carbocycles. The molecule has 0 spiro atoms. The highest BCUT2D eigenvalue weighted by atomic mass is 16.5. The molecule has 5 aromatic rings. The lowest BCUT2D eigenvalue weighted by Gasteiger charge is -2.19. The molecule has 0 fully saturated rings. The lowest BCUT2D eigenvalue weighted by atomic mass is 9.86. The van der Waals surface area contributed by atoms with Gasteiger partial charge in [-0.05, 0) is 80.6 Å². The molecule has 5 aromatic carbocycles. The van der Waals surface area contributed by atoms with Crippen LogP contribution in [-0.4, -0.2) is 11.9 Å². The summed E-state index contributed by atoms with van der Waals surface area (Å²) in [5.74, 6) is -0.0615. The van der Waals surface area contributed by atoms with E-state index in [-0.39, 0.29) is 23.8 Å². The molecule has 0 aromatic heterocycles. The summed E-state index contributed by atoms with van der Waals surface area (Å²) in [7, 11) is 0. The van der Waals surface area contributed by atoms with Crippen LogP contribution in [0.4, 0.5) is 0 Å². The van der Waals surface area contributed by atoms with Crippen LogP contribution in [0.25, 0.3) is 43.8 Å². The largest absolute Gasteiger partial charge is 0.461 e. The smallest absolute Gasteiger partial charge is 0.309 e. The number of carbonyl (C=O) groups is 2. The lowest BCUT2D eigenvalue weighted by Crippen LogP contribution is -2.18. The van der Waals surface area contributed by atoms with Gasteiger partial charge in [-0.15, -0.1) is 0 Å². The van der Waals surface area contributed by atoms with Crippen molar-refractivity contribution in [1.82, 2.24) is 0 Å². The van der Waals surface area contributed by atoms with Gasteiger partial charge in [0.2, 0.25) is 0 Å². The highest BCUT2D eigenvalue weighted by Crippen LogP contribution is 2.43. The molecule has 370 valence electrons. The Balaban J connectivity index is 1.26. The van der Waals surface area contributed by atoms with Crippen LogP contribution in [0.3, 0.4) is 0 Å². The molecule has 68 heavy (non-hydrogen) atoms. The average molecular weight is 923 g/mol. The monoisotopic (exact) mass is 923 g/mol. The second-order valence-electron chi connectivity index (χ2n) is 20.1. The maximum absolute atomic E-state index is 13.6. The van der Waals surface area contributed by atoms with Gasteiger partial charge in [0, 0.05) is 0 Å². The van der Waals surface area contributed by atoms with E-state index in [4.69, 9.17) is 9.47 Å². The number of esters is 2. The van der Waals surface area contributed by atoms with Crippen LogP contribution >= 0.6 is 0 Å². The molecule has 0 radical (unpaired) electrons. The van der Waals surface area contributed by atoms with Crippen molar-refractivity contribution in [2.75, 3.05) is 0 Å². The number of benzene rings is 5. The predicted molar refractivity (Wildman–Crippen MR) is 291 cm³/mol. The third-order valence-corrected chi connectivity index (χ3v) is 14.5. The summed E-state index contributed by atoms with van der Waals surface area (Å²) >= 11 is 0. The second kappa shape index (κ2) is 32.4. The van der Waals surface area contributed by atoms with Crippen LogP contribution in [0.2, 0.25) is 0 Å². The minimum absolute atomic E-state index is 0.00614. The number of hydrogen-bond donors (Lipinski definition) is 0. The molecular weight excluding hydrogens is 833 g/mol. The van der Waals surface area contributed by atoms with Crippen LogP contribution in [-0.2, 0) is 32.3 Å². The SMILES string of the molecule is CCCCCCCCCC(CCCCCCC)C(=O)OCc1ccc(-c2c3ccccc3c(-c3ccc(COC(=O)C(CCCCCCC)CCCCCCCCC)cc3)c3ccccc23)cc1. The summed E-state index contributed by atoms with van der Waals surface area (Å²) < 4.78 is 12.1.